The van der Waals surface area contributed by atoms with E-state index in [1.165, 1.54) is 28.9 Å². The van der Waals surface area contributed by atoms with Crippen LogP contribution in [0.5, 0.6) is 5.75 Å². The lowest BCUT2D eigenvalue weighted by Gasteiger charge is -2.04. The molecule has 4 rings (SSSR count). The number of ether oxygens (including phenoxy) is 2. The van der Waals surface area contributed by atoms with Crippen LogP contribution in [0, 0.1) is 10.1 Å². The van der Waals surface area contributed by atoms with Gasteiger partial charge >= 0.3 is 0 Å². The molecule has 1 aliphatic rings. The highest BCUT2D eigenvalue weighted by atomic mass is 16.6. The van der Waals surface area contributed by atoms with Gasteiger partial charge < -0.3 is 9.47 Å². The van der Waals surface area contributed by atoms with Crippen molar-refractivity contribution in [2.75, 3.05) is 20.3 Å². The van der Waals surface area contributed by atoms with Gasteiger partial charge in [0.2, 0.25) is 0 Å². The van der Waals surface area contributed by atoms with E-state index in [-0.39, 0.29) is 17.4 Å². The first-order chi connectivity index (χ1) is 15.1. The lowest BCUT2D eigenvalue weighted by molar-refractivity contribution is -0.384. The normalized spacial score (nSPS) is 16.1. The number of nitrogens with one attached hydrogen (secondary N) is 1. The van der Waals surface area contributed by atoms with E-state index in [0.717, 1.165) is 25.0 Å². The summed E-state index contributed by atoms with van der Waals surface area (Å²) in [5.41, 5.74) is 1.94. The molecule has 1 aromatic heterocycles. The Balaban J connectivity index is 1.73. The summed E-state index contributed by atoms with van der Waals surface area (Å²) in [6, 6.07) is 13.1. The number of aromatic amines is 1. The van der Waals surface area contributed by atoms with Gasteiger partial charge in [-0.05, 0) is 49.2 Å². The number of aliphatic imine (C=N–C) groups is 1. The second kappa shape index (κ2) is 8.97. The van der Waals surface area contributed by atoms with Crippen LogP contribution in [0.2, 0.25) is 0 Å². The fraction of sp³-hybridized carbons (Fsp3) is 0.273. The highest BCUT2D eigenvalue weighted by Crippen LogP contribution is 2.23. The molecule has 0 saturated carbocycles. The number of hydrogen-bond donors (Lipinski definition) is 1. The van der Waals surface area contributed by atoms with Crippen LogP contribution in [0.15, 0.2) is 58.3 Å². The zero-order valence-corrected chi connectivity index (χ0v) is 17.0. The Bertz CT molecular complexity index is 1140. The van der Waals surface area contributed by atoms with Crippen molar-refractivity contribution in [3.05, 3.63) is 74.6 Å². The Labute approximate surface area is 178 Å². The minimum atomic E-state index is -0.479. The van der Waals surface area contributed by atoms with Crippen LogP contribution in [0.25, 0.3) is 16.9 Å². The lowest BCUT2D eigenvalue weighted by atomic mass is 10.1. The molecular formula is C22H22N4O5. The van der Waals surface area contributed by atoms with Crippen LogP contribution in [-0.4, -0.2) is 47.3 Å². The van der Waals surface area contributed by atoms with Crippen LogP contribution in [0.3, 0.4) is 0 Å². The summed E-state index contributed by atoms with van der Waals surface area (Å²) < 4.78 is 12.2. The van der Waals surface area contributed by atoms with E-state index in [1.807, 2.05) is 24.3 Å². The van der Waals surface area contributed by atoms with E-state index in [9.17, 15) is 14.9 Å². The van der Waals surface area contributed by atoms with Gasteiger partial charge in [0.25, 0.3) is 11.2 Å². The average molecular weight is 422 g/mol. The Kier molecular flexibility index (Phi) is 5.94. The van der Waals surface area contributed by atoms with E-state index in [2.05, 4.69) is 10.1 Å². The third-order valence-corrected chi connectivity index (χ3v) is 5.18. The van der Waals surface area contributed by atoms with Gasteiger partial charge in [0.05, 0.1) is 41.6 Å². The molecule has 3 aromatic rings. The Morgan fingerprint density at radius 1 is 1.26 bits per heavy atom. The summed E-state index contributed by atoms with van der Waals surface area (Å²) in [6.45, 7) is 1.23. The molecule has 1 atom stereocenters. The zero-order valence-electron chi connectivity index (χ0n) is 17.0. The van der Waals surface area contributed by atoms with Gasteiger partial charge in [-0.2, -0.15) is 0 Å². The molecule has 2 aromatic carbocycles. The fourth-order valence-electron chi connectivity index (χ4n) is 3.50. The average Bonchev–Trinajstić information content (AvgIpc) is 3.42. The molecule has 1 unspecified atom stereocenters. The van der Waals surface area contributed by atoms with Gasteiger partial charge in [-0.3, -0.25) is 25.0 Å². The van der Waals surface area contributed by atoms with Crippen molar-refractivity contribution in [3.8, 4) is 22.7 Å². The topological polar surface area (TPSA) is 112 Å². The number of aromatic nitrogens is 2. The molecule has 0 bridgehead atoms. The number of nitro benzene ring substituents is 1. The minimum Gasteiger partial charge on any atom is -0.497 e. The van der Waals surface area contributed by atoms with E-state index in [0.29, 0.717) is 29.2 Å². The van der Waals surface area contributed by atoms with Crippen molar-refractivity contribution in [3.63, 3.8) is 0 Å². The number of H-pyrrole nitrogens is 1. The summed E-state index contributed by atoms with van der Waals surface area (Å²) >= 11 is 0. The molecule has 160 valence electrons. The van der Waals surface area contributed by atoms with Crippen molar-refractivity contribution in [1.29, 1.82) is 0 Å². The minimum absolute atomic E-state index is 0.0444. The predicted octanol–water partition coefficient (Wildman–Crippen LogP) is 3.35. The van der Waals surface area contributed by atoms with Crippen LogP contribution in [-0.2, 0) is 4.74 Å². The number of benzene rings is 2. The molecule has 31 heavy (non-hydrogen) atoms. The third-order valence-electron chi connectivity index (χ3n) is 5.18. The highest BCUT2D eigenvalue weighted by molar-refractivity contribution is 5.88. The van der Waals surface area contributed by atoms with E-state index >= 15 is 0 Å². The molecule has 9 nitrogen and oxygen atoms in total. The highest BCUT2D eigenvalue weighted by Gasteiger charge is 2.18. The first-order valence-corrected chi connectivity index (χ1v) is 9.92. The van der Waals surface area contributed by atoms with Crippen molar-refractivity contribution in [2.45, 2.75) is 18.9 Å². The Morgan fingerprint density at radius 3 is 2.61 bits per heavy atom. The molecule has 9 heteroatoms. The van der Waals surface area contributed by atoms with Gasteiger partial charge in [0.1, 0.15) is 5.75 Å². The van der Waals surface area contributed by atoms with Gasteiger partial charge in [0.15, 0.2) is 0 Å². The molecule has 1 N–H and O–H groups in total. The van der Waals surface area contributed by atoms with Crippen molar-refractivity contribution in [1.82, 2.24) is 9.78 Å². The molecule has 2 heterocycles. The number of nitrogens with zero attached hydrogens (tertiary/aromatic N) is 3. The van der Waals surface area contributed by atoms with Gasteiger partial charge in [-0.1, -0.05) is 0 Å². The smallest absolute Gasteiger partial charge is 0.280 e. The summed E-state index contributed by atoms with van der Waals surface area (Å²) in [5, 5.41) is 14.0. The van der Waals surface area contributed by atoms with Crippen molar-refractivity contribution in [2.24, 2.45) is 4.99 Å². The number of rotatable bonds is 7. The third kappa shape index (κ3) is 4.41. The standard InChI is InChI=1S/C22H22N4O5/c1-30-18-10-4-15(5-11-18)21-20(14-23-13-19-3-2-12-31-19)22(27)25(24-21)16-6-8-17(9-7-16)26(28)29/h4-11,14,19,24H,2-3,12-13H2,1H3. The molecule has 1 saturated heterocycles. The van der Waals surface area contributed by atoms with Crippen molar-refractivity contribution >= 4 is 11.9 Å². The summed E-state index contributed by atoms with van der Waals surface area (Å²) in [5.74, 6) is 0.703. The molecule has 1 aliphatic heterocycles. The summed E-state index contributed by atoms with van der Waals surface area (Å²) in [7, 11) is 1.59. The molecule has 0 aliphatic carbocycles. The van der Waals surface area contributed by atoms with Gasteiger partial charge in [-0.15, -0.1) is 0 Å². The van der Waals surface area contributed by atoms with Crippen LogP contribution >= 0.6 is 0 Å². The number of methoxy groups -OCH3 is 1. The lowest BCUT2D eigenvalue weighted by Crippen LogP contribution is -2.17. The quantitative estimate of drug-likeness (QED) is 0.357. The second-order valence-corrected chi connectivity index (χ2v) is 7.17. The predicted molar refractivity (Wildman–Crippen MR) is 116 cm³/mol. The maximum absolute atomic E-state index is 13.2. The van der Waals surface area contributed by atoms with E-state index < -0.39 is 4.92 Å². The monoisotopic (exact) mass is 422 g/mol. The van der Waals surface area contributed by atoms with Gasteiger partial charge in [0, 0.05) is 30.5 Å². The molecule has 0 amide bonds. The SMILES string of the molecule is COc1ccc(-c2[nH]n(-c3ccc([N+](=O)[O-])cc3)c(=O)c2C=NCC2CCCO2)cc1. The summed E-state index contributed by atoms with van der Waals surface area (Å²) in [4.78, 5) is 28.1. The number of non-ortho nitro benzene ring substituents is 1. The first-order valence-electron chi connectivity index (χ1n) is 9.92. The molecule has 1 fully saturated rings. The van der Waals surface area contributed by atoms with Gasteiger partial charge in [-0.25, -0.2) is 4.68 Å². The van der Waals surface area contributed by atoms with Crippen LogP contribution in [0.1, 0.15) is 18.4 Å². The first kappa shape index (κ1) is 20.5. The van der Waals surface area contributed by atoms with E-state index in [1.54, 1.807) is 13.3 Å². The number of nitro groups is 1. The second-order valence-electron chi connectivity index (χ2n) is 7.17. The fourth-order valence-corrected chi connectivity index (χ4v) is 3.50. The maximum atomic E-state index is 13.2. The van der Waals surface area contributed by atoms with Crippen LogP contribution < -0.4 is 10.3 Å². The van der Waals surface area contributed by atoms with E-state index in [4.69, 9.17) is 9.47 Å². The zero-order chi connectivity index (χ0) is 21.8. The molecular weight excluding hydrogens is 400 g/mol. The molecule has 0 radical (unpaired) electrons. The Morgan fingerprint density at radius 2 is 2.00 bits per heavy atom. The Hall–Kier alpha value is -3.72. The largest absolute Gasteiger partial charge is 0.497 e. The molecule has 0 spiro atoms. The van der Waals surface area contributed by atoms with Crippen molar-refractivity contribution < 1.29 is 14.4 Å². The number of hydrogen-bond acceptors (Lipinski definition) is 6. The summed E-state index contributed by atoms with van der Waals surface area (Å²) in [6.07, 6.45) is 3.63. The maximum Gasteiger partial charge on any atom is 0.280 e. The van der Waals surface area contributed by atoms with Crippen LogP contribution in [0.4, 0.5) is 5.69 Å².